The third-order valence-corrected chi connectivity index (χ3v) is 3.24. The average molecular weight is 307 g/mol. The molecule has 1 fully saturated rings. The molecule has 6 heteroatoms. The number of ether oxygens (including phenoxy) is 2. The van der Waals surface area contributed by atoms with Crippen LogP contribution < -0.4 is 0 Å². The highest BCUT2D eigenvalue weighted by Crippen LogP contribution is 2.13. The second kappa shape index (κ2) is 10.8. The Balaban J connectivity index is 2.84. The van der Waals surface area contributed by atoms with Gasteiger partial charge in [-0.05, 0) is 19.8 Å². The Morgan fingerprint density at radius 1 is 1.36 bits per heavy atom. The van der Waals surface area contributed by atoms with Gasteiger partial charge in [0.05, 0.1) is 25.5 Å². The number of morpholine rings is 1. The lowest BCUT2D eigenvalue weighted by atomic mass is 10.1. The van der Waals surface area contributed by atoms with Crippen molar-refractivity contribution >= 4 is 11.7 Å². The minimum atomic E-state index is -0.659. The molecule has 1 aliphatic heterocycles. The fourth-order valence-corrected chi connectivity index (χ4v) is 2.08. The third-order valence-electron chi connectivity index (χ3n) is 3.24. The average Bonchev–Trinajstić information content (AvgIpc) is 2.53. The maximum absolute atomic E-state index is 11.7. The van der Waals surface area contributed by atoms with Crippen LogP contribution in [-0.4, -0.2) is 49.5 Å². The Bertz CT molecular complexity index is 446. The minimum absolute atomic E-state index is 0.183. The Morgan fingerprint density at radius 3 is 2.68 bits per heavy atom. The fraction of sp³-hybridized carbons (Fsp3) is 0.688. The van der Waals surface area contributed by atoms with Crippen LogP contribution >= 0.6 is 0 Å². The fourth-order valence-electron chi connectivity index (χ4n) is 2.08. The van der Waals surface area contributed by atoms with E-state index in [0.29, 0.717) is 13.2 Å². The monoisotopic (exact) mass is 307 g/mol. The van der Waals surface area contributed by atoms with Gasteiger partial charge in [0.25, 0.3) is 0 Å². The van der Waals surface area contributed by atoms with Crippen molar-refractivity contribution in [2.75, 3.05) is 32.9 Å². The molecule has 0 aromatic heterocycles. The normalized spacial score (nSPS) is 16.3. The van der Waals surface area contributed by atoms with Crippen LogP contribution in [0.1, 0.15) is 39.5 Å². The molecular weight excluding hydrogens is 282 g/mol. The van der Waals surface area contributed by atoms with E-state index >= 15 is 0 Å². The minimum Gasteiger partial charge on any atom is -0.461 e. The summed E-state index contributed by atoms with van der Waals surface area (Å²) >= 11 is 0. The molecule has 1 heterocycles. The molecule has 0 unspecified atom stereocenters. The van der Waals surface area contributed by atoms with Gasteiger partial charge in [0.2, 0.25) is 5.71 Å². The number of hydrogen-bond acceptors (Lipinski definition) is 6. The van der Waals surface area contributed by atoms with Crippen molar-refractivity contribution in [1.29, 1.82) is 5.26 Å². The number of hydrogen-bond donors (Lipinski definition) is 0. The van der Waals surface area contributed by atoms with Crippen LogP contribution in [0.25, 0.3) is 0 Å². The van der Waals surface area contributed by atoms with E-state index in [9.17, 15) is 4.79 Å². The second-order valence-electron chi connectivity index (χ2n) is 5.02. The van der Waals surface area contributed by atoms with E-state index in [4.69, 9.17) is 14.7 Å². The molecule has 0 bridgehead atoms. The molecule has 0 spiro atoms. The molecule has 0 radical (unpaired) electrons. The van der Waals surface area contributed by atoms with E-state index in [1.807, 2.05) is 12.3 Å². The zero-order valence-corrected chi connectivity index (χ0v) is 13.5. The maximum atomic E-state index is 11.7. The number of nitrogens with zero attached hydrogens (tertiary/aromatic N) is 3. The Labute approximate surface area is 132 Å². The molecule has 6 nitrogen and oxygen atoms in total. The molecule has 1 aliphatic rings. The lowest BCUT2D eigenvalue weighted by Gasteiger charge is -2.25. The lowest BCUT2D eigenvalue weighted by Crippen LogP contribution is -2.32. The van der Waals surface area contributed by atoms with Gasteiger partial charge >= 0.3 is 5.97 Å². The molecule has 0 amide bonds. The molecule has 0 aromatic rings. The van der Waals surface area contributed by atoms with Crippen molar-refractivity contribution in [3.63, 3.8) is 0 Å². The summed E-state index contributed by atoms with van der Waals surface area (Å²) in [6, 6.07) is 1.84. The zero-order valence-electron chi connectivity index (χ0n) is 13.5. The van der Waals surface area contributed by atoms with Gasteiger partial charge < -0.3 is 14.4 Å². The maximum Gasteiger partial charge on any atom is 0.367 e. The summed E-state index contributed by atoms with van der Waals surface area (Å²) in [4.78, 5) is 18.1. The summed E-state index contributed by atoms with van der Waals surface area (Å²) in [5, 5.41) is 9.11. The quantitative estimate of drug-likeness (QED) is 0.390. The highest BCUT2D eigenvalue weighted by molar-refractivity contribution is 6.43. The number of unbranched alkanes of at least 4 members (excludes halogenated alkanes) is 2. The van der Waals surface area contributed by atoms with Crippen LogP contribution in [0.4, 0.5) is 0 Å². The smallest absolute Gasteiger partial charge is 0.367 e. The number of carbonyl (C=O) groups excluding carboxylic acids is 1. The molecule has 0 aromatic carbocycles. The highest BCUT2D eigenvalue weighted by Gasteiger charge is 2.14. The van der Waals surface area contributed by atoms with Crippen molar-refractivity contribution in [2.45, 2.75) is 39.5 Å². The molecule has 22 heavy (non-hydrogen) atoms. The number of rotatable bonds is 8. The van der Waals surface area contributed by atoms with Crippen LogP contribution in [0.5, 0.6) is 0 Å². The van der Waals surface area contributed by atoms with Crippen molar-refractivity contribution in [3.05, 3.63) is 11.9 Å². The number of esters is 1. The summed E-state index contributed by atoms with van der Waals surface area (Å²) in [5.41, 5.74) is 0.567. The van der Waals surface area contributed by atoms with E-state index in [1.54, 1.807) is 6.92 Å². The van der Waals surface area contributed by atoms with E-state index in [1.165, 1.54) is 0 Å². The van der Waals surface area contributed by atoms with Crippen LogP contribution in [-0.2, 0) is 14.3 Å². The van der Waals surface area contributed by atoms with Gasteiger partial charge in [-0.15, -0.1) is 0 Å². The Hall–Kier alpha value is -1.87. The summed E-state index contributed by atoms with van der Waals surface area (Å²) < 4.78 is 10.2. The van der Waals surface area contributed by atoms with Crippen LogP contribution in [0.15, 0.2) is 16.9 Å². The molecule has 0 N–H and O–H groups in total. The molecule has 0 saturated carbocycles. The van der Waals surface area contributed by atoms with E-state index in [2.05, 4.69) is 16.8 Å². The van der Waals surface area contributed by atoms with Gasteiger partial charge in [-0.25, -0.2) is 9.79 Å². The highest BCUT2D eigenvalue weighted by atomic mass is 16.5. The summed E-state index contributed by atoms with van der Waals surface area (Å²) in [7, 11) is 0. The SMILES string of the molecule is CCCCCC(=CN1CCOCC1)N=C(C#N)C(=O)OCC. The van der Waals surface area contributed by atoms with Crippen molar-refractivity contribution < 1.29 is 14.3 Å². The van der Waals surface area contributed by atoms with Gasteiger partial charge in [0.15, 0.2) is 0 Å². The molecule has 0 atom stereocenters. The number of carbonyl (C=O) groups is 1. The van der Waals surface area contributed by atoms with Gasteiger partial charge in [0, 0.05) is 19.3 Å². The predicted octanol–water partition coefficient (Wildman–Crippen LogP) is 2.27. The second-order valence-corrected chi connectivity index (χ2v) is 5.02. The molecule has 0 aliphatic carbocycles. The summed E-state index contributed by atoms with van der Waals surface area (Å²) in [5.74, 6) is -0.659. The summed E-state index contributed by atoms with van der Waals surface area (Å²) in [6.07, 6.45) is 5.87. The first-order chi connectivity index (χ1) is 10.7. The van der Waals surface area contributed by atoms with E-state index in [-0.39, 0.29) is 12.3 Å². The van der Waals surface area contributed by atoms with Crippen molar-refractivity contribution in [3.8, 4) is 6.07 Å². The van der Waals surface area contributed by atoms with Gasteiger partial charge in [-0.1, -0.05) is 19.8 Å². The molecule has 122 valence electrons. The molecule has 1 rings (SSSR count). The Morgan fingerprint density at radius 2 is 2.09 bits per heavy atom. The van der Waals surface area contributed by atoms with Crippen LogP contribution in [0.3, 0.4) is 0 Å². The Kier molecular flexibility index (Phi) is 8.92. The first kappa shape index (κ1) is 18.2. The molecular formula is C16H25N3O3. The first-order valence-corrected chi connectivity index (χ1v) is 7.89. The van der Waals surface area contributed by atoms with Crippen LogP contribution in [0, 0.1) is 11.3 Å². The topological polar surface area (TPSA) is 74.9 Å². The van der Waals surface area contributed by atoms with Gasteiger partial charge in [-0.2, -0.15) is 5.26 Å². The van der Waals surface area contributed by atoms with Crippen molar-refractivity contribution in [1.82, 2.24) is 4.90 Å². The predicted molar refractivity (Wildman–Crippen MR) is 84.3 cm³/mol. The first-order valence-electron chi connectivity index (χ1n) is 7.89. The third kappa shape index (κ3) is 6.72. The number of nitriles is 1. The largest absolute Gasteiger partial charge is 0.461 e. The molecule has 1 saturated heterocycles. The lowest BCUT2D eigenvalue weighted by molar-refractivity contribution is -0.134. The number of aliphatic imine (C=N–C) groups is 1. The van der Waals surface area contributed by atoms with E-state index < -0.39 is 5.97 Å². The zero-order chi connectivity index (χ0) is 16.2. The van der Waals surface area contributed by atoms with E-state index in [0.717, 1.165) is 44.5 Å². The van der Waals surface area contributed by atoms with Crippen LogP contribution in [0.2, 0.25) is 0 Å². The van der Waals surface area contributed by atoms with Gasteiger partial charge in [-0.3, -0.25) is 0 Å². The standard InChI is InChI=1S/C16H25N3O3/c1-3-5-6-7-14(13-19-8-10-21-11-9-19)18-15(12-17)16(20)22-4-2/h13H,3-11H2,1-2H3. The summed E-state index contributed by atoms with van der Waals surface area (Å²) in [6.45, 7) is 7.05. The number of allylic oxidation sites excluding steroid dienone is 1. The van der Waals surface area contributed by atoms with Crippen molar-refractivity contribution in [2.24, 2.45) is 4.99 Å². The van der Waals surface area contributed by atoms with Gasteiger partial charge in [0.1, 0.15) is 6.07 Å².